The van der Waals surface area contributed by atoms with Crippen molar-refractivity contribution in [2.45, 2.75) is 21.3 Å². The normalized spacial score (nSPS) is 20.5. The number of carbonyl (C=O) groups is 1. The molecule has 0 bridgehead atoms. The molecule has 2 aliphatic rings. The molecule has 1 aliphatic heterocycles. The van der Waals surface area contributed by atoms with Gasteiger partial charge in [-0.05, 0) is 24.3 Å². The topological polar surface area (TPSA) is 49.0 Å². The van der Waals surface area contributed by atoms with Gasteiger partial charge >= 0.3 is 0 Å². The maximum Gasteiger partial charge on any atom is 0.238 e. The van der Waals surface area contributed by atoms with Gasteiger partial charge in [0.1, 0.15) is 0 Å². The zero-order chi connectivity index (χ0) is 18.2. The van der Waals surface area contributed by atoms with Crippen molar-refractivity contribution in [2.24, 2.45) is 0 Å². The maximum absolute atomic E-state index is 13.2. The Hall–Kier alpha value is -2.44. The molecule has 0 fully saturated rings. The summed E-state index contributed by atoms with van der Waals surface area (Å²) in [4.78, 5) is 24.1. The van der Waals surface area contributed by atoms with E-state index < -0.39 is 0 Å². The second-order valence-electron chi connectivity index (χ2n) is 6.42. The maximum atomic E-state index is 13.2. The molecule has 3 aromatic rings. The van der Waals surface area contributed by atoms with Crippen LogP contribution in [0.2, 0.25) is 0 Å². The lowest BCUT2D eigenvalue weighted by atomic mass is 10.0. The first kappa shape index (κ1) is 16.7. The molecular formula is C21H17N3OS2. The zero-order valence-electron chi connectivity index (χ0n) is 14.4. The minimum absolute atomic E-state index is 0.0543. The number of carbonyl (C=O) groups excluding carboxylic acids is 1. The number of anilines is 1. The molecule has 1 aromatic heterocycles. The third-order valence-electron chi connectivity index (χ3n) is 4.71. The van der Waals surface area contributed by atoms with E-state index in [1.54, 1.807) is 0 Å². The number of nitrogens with zero attached hydrogens (tertiary/aromatic N) is 2. The summed E-state index contributed by atoms with van der Waals surface area (Å²) < 4.78 is 0. The Labute approximate surface area is 165 Å². The Morgan fingerprint density at radius 2 is 1.93 bits per heavy atom. The van der Waals surface area contributed by atoms with Crippen molar-refractivity contribution in [3.63, 3.8) is 0 Å². The molecule has 2 aromatic carbocycles. The minimum Gasteiger partial charge on any atom is -0.333 e. The first-order valence-corrected chi connectivity index (χ1v) is 10.7. The molecule has 2 atom stereocenters. The molecule has 2 heterocycles. The number of hydrogen-bond acceptors (Lipinski definition) is 4. The van der Waals surface area contributed by atoms with Crippen molar-refractivity contribution in [3.05, 3.63) is 72.8 Å². The number of allylic oxidation sites excluding steroid dienone is 2. The number of para-hydroxylation sites is 3. The number of hydrogen-bond donors (Lipinski definition) is 1. The summed E-state index contributed by atoms with van der Waals surface area (Å²) in [5.74, 6) is 0.447. The van der Waals surface area contributed by atoms with Crippen LogP contribution in [0.4, 0.5) is 5.69 Å². The highest BCUT2D eigenvalue weighted by Crippen LogP contribution is 2.43. The third kappa shape index (κ3) is 3.09. The van der Waals surface area contributed by atoms with Crippen LogP contribution in [0.25, 0.3) is 11.0 Å². The van der Waals surface area contributed by atoms with Crippen molar-refractivity contribution in [1.29, 1.82) is 0 Å². The van der Waals surface area contributed by atoms with Crippen LogP contribution in [0.15, 0.2) is 82.9 Å². The highest BCUT2D eigenvalue weighted by molar-refractivity contribution is 8.00. The Morgan fingerprint density at radius 1 is 1.11 bits per heavy atom. The van der Waals surface area contributed by atoms with Gasteiger partial charge in [0.05, 0.1) is 33.8 Å². The van der Waals surface area contributed by atoms with E-state index in [4.69, 9.17) is 0 Å². The number of amides is 1. The second-order valence-corrected chi connectivity index (χ2v) is 8.61. The molecule has 0 radical (unpaired) electrons. The van der Waals surface area contributed by atoms with Crippen LogP contribution in [0.3, 0.4) is 0 Å². The number of aromatic amines is 1. The van der Waals surface area contributed by atoms with Crippen molar-refractivity contribution < 1.29 is 4.79 Å². The van der Waals surface area contributed by atoms with Gasteiger partial charge in [-0.1, -0.05) is 60.3 Å². The standard InChI is InChI=1S/C21H17N3OS2/c25-20(13-26-21-22-14-7-1-2-8-15(14)23-21)24-16-9-3-5-11-18(16)27-19-12-6-4-10-17(19)24/h1-12,16,18H,13H2,(H,22,23)/t16-,18+/m0/s1. The van der Waals surface area contributed by atoms with Crippen LogP contribution < -0.4 is 4.90 Å². The number of H-pyrrole nitrogens is 1. The molecule has 27 heavy (non-hydrogen) atoms. The highest BCUT2D eigenvalue weighted by atomic mass is 32.2. The van der Waals surface area contributed by atoms with Crippen molar-refractivity contribution in [2.75, 3.05) is 10.7 Å². The SMILES string of the molecule is O=C(CSc1nc2ccccc2[nH]1)N1c2ccccc2S[C@@H]2C=CC=C[C@@H]21. The summed E-state index contributed by atoms with van der Waals surface area (Å²) in [6.45, 7) is 0. The van der Waals surface area contributed by atoms with E-state index >= 15 is 0 Å². The number of aromatic nitrogens is 2. The fraction of sp³-hybridized carbons (Fsp3) is 0.143. The van der Waals surface area contributed by atoms with E-state index in [-0.39, 0.29) is 17.2 Å². The molecule has 0 saturated carbocycles. The molecule has 1 aliphatic carbocycles. The van der Waals surface area contributed by atoms with Crippen LogP contribution in [-0.4, -0.2) is 32.9 Å². The van der Waals surface area contributed by atoms with Gasteiger partial charge in [-0.3, -0.25) is 4.79 Å². The van der Waals surface area contributed by atoms with Gasteiger partial charge in [0.25, 0.3) is 0 Å². The Balaban J connectivity index is 1.41. The molecule has 1 amide bonds. The number of imidazole rings is 1. The van der Waals surface area contributed by atoms with Gasteiger partial charge in [-0.2, -0.15) is 0 Å². The highest BCUT2D eigenvalue weighted by Gasteiger charge is 2.36. The van der Waals surface area contributed by atoms with Crippen LogP contribution in [0, 0.1) is 0 Å². The minimum atomic E-state index is 0.0543. The summed E-state index contributed by atoms with van der Waals surface area (Å²) in [5, 5.41) is 1.03. The zero-order valence-corrected chi connectivity index (χ0v) is 16.0. The molecule has 4 nitrogen and oxygen atoms in total. The number of nitrogens with one attached hydrogen (secondary N) is 1. The van der Waals surface area contributed by atoms with E-state index in [0.29, 0.717) is 5.75 Å². The van der Waals surface area contributed by atoms with Gasteiger partial charge in [-0.15, -0.1) is 11.8 Å². The lowest BCUT2D eigenvalue weighted by Gasteiger charge is -2.40. The average Bonchev–Trinajstić information content (AvgIpc) is 3.13. The summed E-state index contributed by atoms with van der Waals surface area (Å²) in [5.41, 5.74) is 2.92. The molecule has 6 heteroatoms. The van der Waals surface area contributed by atoms with Gasteiger partial charge in [0, 0.05) is 4.90 Å². The van der Waals surface area contributed by atoms with Crippen molar-refractivity contribution in [3.8, 4) is 0 Å². The average molecular weight is 392 g/mol. The predicted octanol–water partition coefficient (Wildman–Crippen LogP) is 4.66. The summed E-state index contributed by atoms with van der Waals surface area (Å²) in [7, 11) is 0. The number of benzene rings is 2. The Morgan fingerprint density at radius 3 is 2.85 bits per heavy atom. The smallest absolute Gasteiger partial charge is 0.238 e. The van der Waals surface area contributed by atoms with Crippen LogP contribution >= 0.6 is 23.5 Å². The van der Waals surface area contributed by atoms with Gasteiger partial charge in [0.2, 0.25) is 5.91 Å². The summed E-state index contributed by atoms with van der Waals surface area (Å²) >= 11 is 3.28. The molecule has 0 unspecified atom stereocenters. The fourth-order valence-electron chi connectivity index (χ4n) is 3.48. The van der Waals surface area contributed by atoms with Crippen LogP contribution in [0.5, 0.6) is 0 Å². The molecular weight excluding hydrogens is 374 g/mol. The van der Waals surface area contributed by atoms with E-state index in [2.05, 4.69) is 34.3 Å². The molecule has 134 valence electrons. The summed E-state index contributed by atoms with van der Waals surface area (Å²) in [6.07, 6.45) is 8.39. The number of rotatable bonds is 3. The molecule has 0 saturated heterocycles. The third-order valence-corrected chi connectivity index (χ3v) is 6.88. The van der Waals surface area contributed by atoms with E-state index in [1.807, 2.05) is 65.2 Å². The molecule has 1 N–H and O–H groups in total. The number of fused-ring (bicyclic) bond motifs is 3. The van der Waals surface area contributed by atoms with Gasteiger partial charge in [0.15, 0.2) is 5.16 Å². The molecule has 5 rings (SSSR count). The van der Waals surface area contributed by atoms with E-state index in [1.165, 1.54) is 11.8 Å². The first-order chi connectivity index (χ1) is 13.3. The van der Waals surface area contributed by atoms with Crippen LogP contribution in [-0.2, 0) is 4.79 Å². The predicted molar refractivity (Wildman–Crippen MR) is 112 cm³/mol. The van der Waals surface area contributed by atoms with Crippen molar-refractivity contribution >= 4 is 46.2 Å². The Bertz CT molecular complexity index is 1040. The van der Waals surface area contributed by atoms with Gasteiger partial charge < -0.3 is 9.88 Å². The van der Waals surface area contributed by atoms with Crippen LogP contribution in [0.1, 0.15) is 0 Å². The lowest BCUT2D eigenvalue weighted by molar-refractivity contribution is -0.116. The Kier molecular flexibility index (Phi) is 4.30. The van der Waals surface area contributed by atoms with E-state index in [0.717, 1.165) is 26.8 Å². The fourth-order valence-corrected chi connectivity index (χ4v) is 5.48. The van der Waals surface area contributed by atoms with E-state index in [9.17, 15) is 4.79 Å². The lowest BCUT2D eigenvalue weighted by Crippen LogP contribution is -2.48. The largest absolute Gasteiger partial charge is 0.333 e. The summed E-state index contributed by atoms with van der Waals surface area (Å²) in [6, 6.07) is 16.1. The van der Waals surface area contributed by atoms with Gasteiger partial charge in [-0.25, -0.2) is 4.98 Å². The second kappa shape index (κ2) is 6.94. The molecule has 0 spiro atoms. The first-order valence-electron chi connectivity index (χ1n) is 8.80. The quantitative estimate of drug-likeness (QED) is 0.660. The van der Waals surface area contributed by atoms with Crippen molar-refractivity contribution in [1.82, 2.24) is 9.97 Å². The monoisotopic (exact) mass is 391 g/mol. The number of thioether (sulfide) groups is 2.